The van der Waals surface area contributed by atoms with E-state index in [9.17, 15) is 0 Å². The van der Waals surface area contributed by atoms with E-state index in [1.54, 1.807) is 0 Å². The zero-order valence-electron chi connectivity index (χ0n) is 6.19. The summed E-state index contributed by atoms with van der Waals surface area (Å²) in [4.78, 5) is 3.75. The van der Waals surface area contributed by atoms with E-state index in [0.717, 1.165) is 5.57 Å². The molecule has 0 aliphatic rings. The fourth-order valence-electron chi connectivity index (χ4n) is 0.367. The van der Waals surface area contributed by atoms with Gasteiger partial charge in [0.15, 0.2) is 0 Å². The highest BCUT2D eigenvalue weighted by Crippen LogP contribution is 2.00. The highest BCUT2D eigenvalue weighted by Gasteiger charge is 1.92. The van der Waals surface area contributed by atoms with Gasteiger partial charge in [-0.1, -0.05) is 24.3 Å². The molecule has 0 aromatic heterocycles. The predicted molar refractivity (Wildman–Crippen MR) is 46.0 cm³/mol. The van der Waals surface area contributed by atoms with E-state index in [2.05, 4.69) is 11.6 Å². The van der Waals surface area contributed by atoms with Gasteiger partial charge in [0.2, 0.25) is 0 Å². The first-order valence-corrected chi connectivity index (χ1v) is 3.27. The molecule has 0 aliphatic heterocycles. The molecule has 0 aliphatic carbocycles. The SMILES string of the molecule is C=C(Cl)N=C(N)/C(C)=C\C. The summed E-state index contributed by atoms with van der Waals surface area (Å²) in [6.07, 6.45) is 1.86. The van der Waals surface area contributed by atoms with Crippen LogP contribution in [-0.4, -0.2) is 5.84 Å². The third-order valence-corrected chi connectivity index (χ3v) is 1.16. The molecule has 0 aromatic carbocycles. The summed E-state index contributed by atoms with van der Waals surface area (Å²) < 4.78 is 0. The van der Waals surface area contributed by atoms with Crippen LogP contribution in [0.1, 0.15) is 13.8 Å². The Morgan fingerprint density at radius 2 is 2.20 bits per heavy atom. The summed E-state index contributed by atoms with van der Waals surface area (Å²) in [5.74, 6) is 0.419. The minimum absolute atomic E-state index is 0.207. The highest BCUT2D eigenvalue weighted by atomic mass is 35.5. The molecular formula is C7H11ClN2. The van der Waals surface area contributed by atoms with Crippen molar-refractivity contribution in [1.82, 2.24) is 0 Å². The molecular weight excluding hydrogens is 148 g/mol. The van der Waals surface area contributed by atoms with Gasteiger partial charge < -0.3 is 5.73 Å². The molecule has 0 unspecified atom stereocenters. The maximum atomic E-state index is 5.47. The van der Waals surface area contributed by atoms with Crippen molar-refractivity contribution >= 4 is 17.4 Å². The lowest BCUT2D eigenvalue weighted by molar-refractivity contribution is 1.40. The Hall–Kier alpha value is -0.760. The molecule has 2 N–H and O–H groups in total. The average molecular weight is 159 g/mol. The molecule has 0 heterocycles. The summed E-state index contributed by atoms with van der Waals surface area (Å²) in [6, 6.07) is 0. The lowest BCUT2D eigenvalue weighted by Gasteiger charge is -1.96. The molecule has 0 spiro atoms. The first-order chi connectivity index (χ1) is 4.57. The van der Waals surface area contributed by atoms with Crippen LogP contribution in [0.2, 0.25) is 0 Å². The third-order valence-electron chi connectivity index (χ3n) is 1.08. The lowest BCUT2D eigenvalue weighted by Crippen LogP contribution is -2.12. The minimum Gasteiger partial charge on any atom is -0.383 e. The Bertz CT molecular complexity index is 192. The van der Waals surface area contributed by atoms with Gasteiger partial charge in [0.05, 0.1) is 0 Å². The molecule has 0 aromatic rings. The first-order valence-electron chi connectivity index (χ1n) is 2.89. The van der Waals surface area contributed by atoms with Crippen LogP contribution in [0.15, 0.2) is 28.4 Å². The van der Waals surface area contributed by atoms with Crippen LogP contribution in [0, 0.1) is 0 Å². The Kier molecular flexibility index (Phi) is 3.81. The zero-order chi connectivity index (χ0) is 8.15. The molecule has 0 rings (SSSR count). The van der Waals surface area contributed by atoms with Gasteiger partial charge in [-0.25, -0.2) is 4.99 Å². The van der Waals surface area contributed by atoms with E-state index in [1.807, 2.05) is 19.9 Å². The van der Waals surface area contributed by atoms with Crippen LogP contribution < -0.4 is 5.73 Å². The van der Waals surface area contributed by atoms with Crippen molar-refractivity contribution in [3.8, 4) is 0 Å². The molecule has 0 fully saturated rings. The average Bonchev–Trinajstić information content (AvgIpc) is 1.85. The second kappa shape index (κ2) is 4.12. The largest absolute Gasteiger partial charge is 0.383 e. The molecule has 0 bridgehead atoms. The number of hydrogen-bond acceptors (Lipinski definition) is 1. The number of rotatable bonds is 2. The zero-order valence-corrected chi connectivity index (χ0v) is 6.94. The number of hydrogen-bond donors (Lipinski definition) is 1. The lowest BCUT2D eigenvalue weighted by atomic mass is 10.3. The quantitative estimate of drug-likeness (QED) is 0.373. The van der Waals surface area contributed by atoms with Gasteiger partial charge in [0.25, 0.3) is 0 Å². The monoisotopic (exact) mass is 158 g/mol. The smallest absolute Gasteiger partial charge is 0.127 e. The molecule has 3 heteroatoms. The number of nitrogens with two attached hydrogens (primary N) is 1. The van der Waals surface area contributed by atoms with Crippen molar-refractivity contribution in [3.63, 3.8) is 0 Å². The number of allylic oxidation sites excluding steroid dienone is 1. The van der Waals surface area contributed by atoms with Crippen LogP contribution in [-0.2, 0) is 0 Å². The van der Waals surface area contributed by atoms with Crippen LogP contribution in [0.25, 0.3) is 0 Å². The van der Waals surface area contributed by atoms with E-state index in [-0.39, 0.29) is 5.16 Å². The normalized spacial score (nSPS) is 13.5. The third kappa shape index (κ3) is 3.30. The van der Waals surface area contributed by atoms with E-state index in [4.69, 9.17) is 17.3 Å². The molecule has 2 nitrogen and oxygen atoms in total. The van der Waals surface area contributed by atoms with E-state index < -0.39 is 0 Å². The van der Waals surface area contributed by atoms with Crippen molar-refractivity contribution in [2.45, 2.75) is 13.8 Å². The maximum absolute atomic E-state index is 5.47. The van der Waals surface area contributed by atoms with Gasteiger partial charge in [-0.2, -0.15) is 0 Å². The second-order valence-electron chi connectivity index (χ2n) is 1.84. The van der Waals surface area contributed by atoms with E-state index in [1.165, 1.54) is 0 Å². The van der Waals surface area contributed by atoms with Crippen LogP contribution in [0.3, 0.4) is 0 Å². The van der Waals surface area contributed by atoms with Crippen molar-refractivity contribution < 1.29 is 0 Å². The standard InChI is InChI=1S/C7H11ClN2/c1-4-5(2)7(9)10-6(3)8/h4H,3H2,1-2H3,(H2,9,10)/b5-4-. The summed E-state index contributed by atoms with van der Waals surface area (Å²) >= 11 is 5.38. The van der Waals surface area contributed by atoms with Crippen LogP contribution in [0.5, 0.6) is 0 Å². The van der Waals surface area contributed by atoms with Crippen molar-refractivity contribution in [1.29, 1.82) is 0 Å². The van der Waals surface area contributed by atoms with Crippen LogP contribution in [0.4, 0.5) is 0 Å². The first kappa shape index (κ1) is 9.24. The van der Waals surface area contributed by atoms with Gasteiger partial charge in [-0.15, -0.1) is 0 Å². The number of amidine groups is 1. The second-order valence-corrected chi connectivity index (χ2v) is 2.28. The van der Waals surface area contributed by atoms with Gasteiger partial charge in [0, 0.05) is 0 Å². The molecule has 10 heavy (non-hydrogen) atoms. The number of halogens is 1. The molecule has 0 amide bonds. The maximum Gasteiger partial charge on any atom is 0.127 e. The molecule has 0 atom stereocenters. The summed E-state index contributed by atoms with van der Waals surface area (Å²) in [5.41, 5.74) is 6.37. The van der Waals surface area contributed by atoms with E-state index >= 15 is 0 Å². The highest BCUT2D eigenvalue weighted by molar-refractivity contribution is 6.29. The summed E-state index contributed by atoms with van der Waals surface area (Å²) in [7, 11) is 0. The molecule has 0 radical (unpaired) electrons. The van der Waals surface area contributed by atoms with Gasteiger partial charge in [-0.3, -0.25) is 0 Å². The van der Waals surface area contributed by atoms with E-state index in [0.29, 0.717) is 5.84 Å². The predicted octanol–water partition coefficient (Wildman–Crippen LogP) is 2.02. The van der Waals surface area contributed by atoms with Crippen molar-refractivity contribution in [2.24, 2.45) is 10.7 Å². The minimum atomic E-state index is 0.207. The Labute approximate surface area is 66.1 Å². The Balaban J connectivity index is 4.35. The molecule has 56 valence electrons. The molecule has 0 saturated carbocycles. The summed E-state index contributed by atoms with van der Waals surface area (Å²) in [6.45, 7) is 7.13. The Morgan fingerprint density at radius 1 is 1.70 bits per heavy atom. The fraction of sp³-hybridized carbons (Fsp3) is 0.286. The van der Waals surface area contributed by atoms with Gasteiger partial charge >= 0.3 is 0 Å². The van der Waals surface area contributed by atoms with Gasteiger partial charge in [-0.05, 0) is 19.4 Å². The topological polar surface area (TPSA) is 38.4 Å². The fourth-order valence-corrected chi connectivity index (χ4v) is 0.458. The van der Waals surface area contributed by atoms with Crippen LogP contribution >= 0.6 is 11.6 Å². The Morgan fingerprint density at radius 3 is 2.50 bits per heavy atom. The number of aliphatic imine (C=N–C) groups is 1. The number of nitrogens with zero attached hydrogens (tertiary/aromatic N) is 1. The van der Waals surface area contributed by atoms with Crippen molar-refractivity contribution in [3.05, 3.63) is 23.4 Å². The van der Waals surface area contributed by atoms with Gasteiger partial charge in [0.1, 0.15) is 11.0 Å². The molecule has 0 saturated heterocycles. The van der Waals surface area contributed by atoms with Crippen molar-refractivity contribution in [2.75, 3.05) is 0 Å². The summed E-state index contributed by atoms with van der Waals surface area (Å²) in [5, 5.41) is 0.207.